The van der Waals surface area contributed by atoms with Gasteiger partial charge in [0.05, 0.1) is 13.2 Å². The fraction of sp³-hybridized carbons (Fsp3) is 1.00. The van der Waals surface area contributed by atoms with Crippen molar-refractivity contribution in [2.24, 2.45) is 0 Å². The summed E-state index contributed by atoms with van der Waals surface area (Å²) in [6, 6.07) is 4.82. The summed E-state index contributed by atoms with van der Waals surface area (Å²) in [5, 5.41) is 10.1. The van der Waals surface area contributed by atoms with Crippen LogP contribution in [0, 0.1) is 0 Å². The van der Waals surface area contributed by atoms with Crippen LogP contribution in [0.25, 0.3) is 0 Å². The third kappa shape index (κ3) is 20.1. The van der Waals surface area contributed by atoms with E-state index in [1.807, 2.05) is 0 Å². The SMILES string of the molecule is CCCC[SiH2]O[Si](C)(C)CCCOCC(O)COCCC[Si](C)(C)O[Si](C)(C)CCCC. The molecule has 0 heterocycles. The topological polar surface area (TPSA) is 57.2 Å². The first-order chi connectivity index (χ1) is 14.9. The van der Waals surface area contributed by atoms with Gasteiger partial charge in [0.1, 0.15) is 15.9 Å². The number of aliphatic hydroxyl groups excluding tert-OH is 1. The molecule has 0 spiro atoms. The van der Waals surface area contributed by atoms with Crippen LogP contribution in [-0.4, -0.2) is 72.4 Å². The van der Waals surface area contributed by atoms with Crippen LogP contribution in [0.2, 0.25) is 63.5 Å². The molecule has 0 amide bonds. The van der Waals surface area contributed by atoms with Gasteiger partial charge in [0.2, 0.25) is 0 Å². The molecule has 0 aliphatic heterocycles. The zero-order valence-corrected chi connectivity index (χ0v) is 27.2. The van der Waals surface area contributed by atoms with E-state index in [1.165, 1.54) is 37.8 Å². The van der Waals surface area contributed by atoms with Gasteiger partial charge in [0, 0.05) is 13.2 Å². The Labute approximate surface area is 205 Å². The zero-order valence-electron chi connectivity index (χ0n) is 22.8. The van der Waals surface area contributed by atoms with E-state index < -0.39 is 31.1 Å². The molecule has 194 valence electrons. The monoisotopic (exact) mass is 524 g/mol. The van der Waals surface area contributed by atoms with Crippen LogP contribution in [0.1, 0.15) is 52.4 Å². The minimum Gasteiger partial charge on any atom is -0.460 e. The average molecular weight is 525 g/mol. The Morgan fingerprint density at radius 1 is 0.688 bits per heavy atom. The fourth-order valence-corrected chi connectivity index (χ4v) is 18.0. The predicted molar refractivity (Wildman–Crippen MR) is 149 cm³/mol. The van der Waals surface area contributed by atoms with Gasteiger partial charge in [-0.2, -0.15) is 0 Å². The van der Waals surface area contributed by atoms with Crippen LogP contribution >= 0.6 is 0 Å². The molecule has 0 saturated carbocycles. The van der Waals surface area contributed by atoms with E-state index in [4.69, 9.17) is 17.7 Å². The van der Waals surface area contributed by atoms with E-state index >= 15 is 0 Å². The van der Waals surface area contributed by atoms with Crippen molar-refractivity contribution >= 4 is 34.7 Å². The molecule has 1 unspecified atom stereocenters. The largest absolute Gasteiger partial charge is 0.460 e. The molecule has 0 radical (unpaired) electrons. The Morgan fingerprint density at radius 2 is 1.16 bits per heavy atom. The lowest BCUT2D eigenvalue weighted by Crippen LogP contribution is -2.44. The van der Waals surface area contributed by atoms with Gasteiger partial charge in [-0.05, 0) is 76.3 Å². The Kier molecular flexibility index (Phi) is 18.4. The second-order valence-electron chi connectivity index (χ2n) is 11.1. The second-order valence-corrected chi connectivity index (χ2v) is 26.2. The maximum atomic E-state index is 10.1. The Hall–Kier alpha value is 0.668. The molecule has 0 aliphatic carbocycles. The zero-order chi connectivity index (χ0) is 24.5. The number of unbranched alkanes of at least 4 members (excludes halogenated alkanes) is 2. The highest BCUT2D eigenvalue weighted by molar-refractivity contribution is 6.84. The van der Waals surface area contributed by atoms with Crippen molar-refractivity contribution in [2.75, 3.05) is 26.4 Å². The molecule has 0 fully saturated rings. The summed E-state index contributed by atoms with van der Waals surface area (Å²) in [5.74, 6) is 0. The summed E-state index contributed by atoms with van der Waals surface area (Å²) in [4.78, 5) is 0. The molecule has 0 aromatic heterocycles. The third-order valence-corrected chi connectivity index (χ3v) is 19.5. The Bertz CT molecular complexity index is 450. The molecule has 9 heteroatoms. The molecule has 1 atom stereocenters. The summed E-state index contributed by atoms with van der Waals surface area (Å²) in [7, 11) is -5.00. The van der Waals surface area contributed by atoms with Crippen LogP contribution in [-0.2, 0) is 17.7 Å². The van der Waals surface area contributed by atoms with E-state index in [1.54, 1.807) is 0 Å². The van der Waals surface area contributed by atoms with Gasteiger partial charge in [0.25, 0.3) is 0 Å². The van der Waals surface area contributed by atoms with E-state index in [0.29, 0.717) is 26.4 Å². The van der Waals surface area contributed by atoms with Crippen LogP contribution in [0.5, 0.6) is 0 Å². The maximum Gasteiger partial charge on any atom is 0.173 e. The van der Waals surface area contributed by atoms with Crippen molar-refractivity contribution in [3.8, 4) is 0 Å². The Morgan fingerprint density at radius 3 is 1.66 bits per heavy atom. The van der Waals surface area contributed by atoms with Crippen molar-refractivity contribution in [3.63, 3.8) is 0 Å². The third-order valence-electron chi connectivity index (χ3n) is 5.68. The number of aliphatic hydroxyl groups is 1. The van der Waals surface area contributed by atoms with Gasteiger partial charge in [-0.15, -0.1) is 0 Å². The van der Waals surface area contributed by atoms with Crippen LogP contribution in [0.3, 0.4) is 0 Å². The second kappa shape index (κ2) is 18.0. The summed E-state index contributed by atoms with van der Waals surface area (Å²) in [5.41, 5.74) is 0. The average Bonchev–Trinajstić information content (AvgIpc) is 2.68. The van der Waals surface area contributed by atoms with Gasteiger partial charge in [-0.1, -0.05) is 39.5 Å². The Balaban J connectivity index is 3.78. The molecule has 0 bridgehead atoms. The van der Waals surface area contributed by atoms with Crippen molar-refractivity contribution in [1.29, 1.82) is 0 Å². The molecule has 1 N–H and O–H groups in total. The normalized spacial score (nSPS) is 14.5. The summed E-state index contributed by atoms with van der Waals surface area (Å²) in [6.45, 7) is 20.6. The number of hydrogen-bond acceptors (Lipinski definition) is 5. The number of hydrogen-bond donors (Lipinski definition) is 1. The first-order valence-electron chi connectivity index (χ1n) is 13.1. The summed E-state index contributed by atoms with van der Waals surface area (Å²) in [6.07, 6.45) is 6.59. The highest BCUT2D eigenvalue weighted by Crippen LogP contribution is 2.24. The molecule has 0 saturated heterocycles. The molecule has 5 nitrogen and oxygen atoms in total. The van der Waals surface area contributed by atoms with E-state index in [2.05, 4.69) is 53.1 Å². The standard InChI is InChI=1S/C23H56O5Si4/c1-9-11-17-29-27-30(3,4)19-13-15-25-21-23(24)22-26-16-14-20-32(7,8)28-31(5,6)18-12-10-2/h23-24H,9-22,29H2,1-8H3. The van der Waals surface area contributed by atoms with Gasteiger partial charge < -0.3 is 22.8 Å². The molecule has 0 aromatic rings. The molecule has 32 heavy (non-hydrogen) atoms. The summed E-state index contributed by atoms with van der Waals surface area (Å²) < 4.78 is 24.3. The maximum absolute atomic E-state index is 10.1. The van der Waals surface area contributed by atoms with Crippen LogP contribution < -0.4 is 0 Å². The summed E-state index contributed by atoms with van der Waals surface area (Å²) >= 11 is 0. The molecule has 0 rings (SSSR count). The van der Waals surface area contributed by atoms with Crippen LogP contribution in [0.4, 0.5) is 0 Å². The number of rotatable bonds is 22. The highest BCUT2D eigenvalue weighted by atomic mass is 28.4. The van der Waals surface area contributed by atoms with E-state index in [0.717, 1.165) is 24.9 Å². The first kappa shape index (κ1) is 32.7. The van der Waals surface area contributed by atoms with Gasteiger partial charge >= 0.3 is 0 Å². The predicted octanol–water partition coefficient (Wildman–Crippen LogP) is 5.91. The quantitative estimate of drug-likeness (QED) is 0.141. The first-order valence-corrected chi connectivity index (χ1v) is 24.0. The highest BCUT2D eigenvalue weighted by Gasteiger charge is 2.32. The molecular formula is C23H56O5Si4. The molecular weight excluding hydrogens is 469 g/mol. The van der Waals surface area contributed by atoms with Gasteiger partial charge in [-0.3, -0.25) is 0 Å². The van der Waals surface area contributed by atoms with Crippen molar-refractivity contribution in [1.82, 2.24) is 0 Å². The van der Waals surface area contributed by atoms with Crippen molar-refractivity contribution < 1.29 is 22.8 Å². The van der Waals surface area contributed by atoms with Crippen molar-refractivity contribution in [2.45, 2.75) is 122 Å². The lowest BCUT2D eigenvalue weighted by atomic mass is 10.4. The molecule has 0 aliphatic rings. The van der Waals surface area contributed by atoms with Gasteiger partial charge in [0.15, 0.2) is 25.0 Å². The smallest absolute Gasteiger partial charge is 0.173 e. The van der Waals surface area contributed by atoms with Crippen molar-refractivity contribution in [3.05, 3.63) is 0 Å². The van der Waals surface area contributed by atoms with Gasteiger partial charge in [-0.25, -0.2) is 0 Å². The van der Waals surface area contributed by atoms with Crippen LogP contribution in [0.15, 0.2) is 0 Å². The lowest BCUT2D eigenvalue weighted by Gasteiger charge is -2.34. The number of ether oxygens (including phenoxy) is 2. The lowest BCUT2D eigenvalue weighted by molar-refractivity contribution is -0.0186. The minimum atomic E-state index is -1.63. The fourth-order valence-electron chi connectivity index (χ4n) is 3.91. The molecule has 0 aromatic carbocycles. The van der Waals surface area contributed by atoms with E-state index in [-0.39, 0.29) is 9.76 Å². The minimum absolute atomic E-state index is 0.331. The van der Waals surface area contributed by atoms with E-state index in [9.17, 15) is 5.11 Å².